The highest BCUT2D eigenvalue weighted by molar-refractivity contribution is 5.74. The number of nitrogens with zero attached hydrogens (tertiary/aromatic N) is 1. The molecule has 1 rings (SSSR count). The molecule has 0 bridgehead atoms. The molecule has 0 saturated carbocycles. The number of aromatic nitrogens is 1. The third-order valence-electron chi connectivity index (χ3n) is 1.55. The molecule has 4 nitrogen and oxygen atoms in total. The molecule has 0 aliphatic heterocycles. The second-order valence-electron chi connectivity index (χ2n) is 2.68. The molecule has 0 aliphatic rings. The van der Waals surface area contributed by atoms with Crippen molar-refractivity contribution in [1.82, 2.24) is 4.98 Å². The number of rotatable bonds is 3. The summed E-state index contributed by atoms with van der Waals surface area (Å²) in [5, 5.41) is 0. The molecule has 4 N–H and O–H groups in total. The molecule has 1 heterocycles. The van der Waals surface area contributed by atoms with Gasteiger partial charge in [-0.3, -0.25) is 9.78 Å². The van der Waals surface area contributed by atoms with Crippen molar-refractivity contribution < 1.29 is 9.18 Å². The van der Waals surface area contributed by atoms with E-state index in [4.69, 9.17) is 11.5 Å². The Morgan fingerprint density at radius 3 is 2.77 bits per heavy atom. The average Bonchev–Trinajstić information content (AvgIpc) is 2.04. The number of carbonyl (C=O) groups excluding carboxylic acids is 1. The minimum Gasteiger partial charge on any atom is -0.370 e. The number of hydrogen-bond donors (Lipinski definition) is 2. The van der Waals surface area contributed by atoms with Crippen LogP contribution in [0, 0.1) is 5.82 Å². The molecule has 5 heteroatoms. The normalized spacial score (nSPS) is 12.5. The number of nitrogens with two attached hydrogens (primary N) is 2. The maximum atomic E-state index is 12.4. The summed E-state index contributed by atoms with van der Waals surface area (Å²) in [6.07, 6.45) is 1.06. The Hall–Kier alpha value is -1.49. The second-order valence-corrected chi connectivity index (χ2v) is 2.68. The molecular formula is C8H10FN3O. The lowest BCUT2D eigenvalue weighted by Crippen LogP contribution is -2.21. The van der Waals surface area contributed by atoms with Crippen molar-refractivity contribution in [3.8, 4) is 0 Å². The highest BCUT2D eigenvalue weighted by Gasteiger charge is 2.09. The fourth-order valence-electron chi connectivity index (χ4n) is 0.928. The molecule has 1 aromatic heterocycles. The van der Waals surface area contributed by atoms with Gasteiger partial charge in [0.2, 0.25) is 5.91 Å². The van der Waals surface area contributed by atoms with Crippen LogP contribution in [0.3, 0.4) is 0 Å². The van der Waals surface area contributed by atoms with E-state index >= 15 is 0 Å². The predicted molar refractivity (Wildman–Crippen MR) is 44.9 cm³/mol. The second kappa shape index (κ2) is 3.95. The predicted octanol–water partition coefficient (Wildman–Crippen LogP) is 0.0959. The largest absolute Gasteiger partial charge is 0.370 e. The zero-order chi connectivity index (χ0) is 9.84. The first kappa shape index (κ1) is 9.60. The number of hydrogen-bond acceptors (Lipinski definition) is 3. The zero-order valence-electron chi connectivity index (χ0n) is 6.90. The van der Waals surface area contributed by atoms with Crippen LogP contribution < -0.4 is 11.5 Å². The Morgan fingerprint density at radius 1 is 1.62 bits per heavy atom. The first-order chi connectivity index (χ1) is 6.09. The lowest BCUT2D eigenvalue weighted by molar-refractivity contribution is -0.118. The van der Waals surface area contributed by atoms with Crippen molar-refractivity contribution in [3.05, 3.63) is 29.8 Å². The van der Waals surface area contributed by atoms with E-state index in [2.05, 4.69) is 4.98 Å². The molecule has 0 aromatic carbocycles. The molecule has 1 atom stereocenters. The van der Waals surface area contributed by atoms with Gasteiger partial charge in [-0.05, 0) is 12.1 Å². The smallest absolute Gasteiger partial charge is 0.219 e. The maximum absolute atomic E-state index is 12.4. The van der Waals surface area contributed by atoms with Crippen LogP contribution in [0.15, 0.2) is 18.3 Å². The van der Waals surface area contributed by atoms with Gasteiger partial charge in [-0.2, -0.15) is 0 Å². The van der Waals surface area contributed by atoms with Gasteiger partial charge in [-0.15, -0.1) is 0 Å². The summed E-state index contributed by atoms with van der Waals surface area (Å²) in [7, 11) is 0. The molecule has 1 aromatic rings. The quantitative estimate of drug-likeness (QED) is 0.697. The van der Waals surface area contributed by atoms with Crippen molar-refractivity contribution in [3.63, 3.8) is 0 Å². The highest BCUT2D eigenvalue weighted by atomic mass is 19.1. The fraction of sp³-hybridized carbons (Fsp3) is 0.250. The molecule has 0 radical (unpaired) electrons. The van der Waals surface area contributed by atoms with Crippen LogP contribution in [-0.2, 0) is 4.79 Å². The van der Waals surface area contributed by atoms with Gasteiger partial charge in [0, 0.05) is 6.42 Å². The Balaban J connectivity index is 2.71. The Kier molecular flexibility index (Phi) is 2.92. The van der Waals surface area contributed by atoms with E-state index in [9.17, 15) is 9.18 Å². The van der Waals surface area contributed by atoms with Gasteiger partial charge < -0.3 is 11.5 Å². The number of amides is 1. The van der Waals surface area contributed by atoms with Crippen LogP contribution in [0.4, 0.5) is 4.39 Å². The number of carbonyl (C=O) groups is 1. The lowest BCUT2D eigenvalue weighted by atomic mass is 10.1. The molecule has 1 unspecified atom stereocenters. The summed E-state index contributed by atoms with van der Waals surface area (Å²) >= 11 is 0. The summed E-state index contributed by atoms with van der Waals surface area (Å²) in [5.41, 5.74) is 11.0. The third kappa shape index (κ3) is 2.79. The van der Waals surface area contributed by atoms with Crippen LogP contribution in [0.25, 0.3) is 0 Å². The minimum absolute atomic E-state index is 0.0125. The van der Waals surface area contributed by atoms with Crippen molar-refractivity contribution >= 4 is 5.91 Å². The molecule has 0 aliphatic carbocycles. The Morgan fingerprint density at radius 2 is 2.31 bits per heavy atom. The van der Waals surface area contributed by atoms with E-state index < -0.39 is 17.8 Å². The van der Waals surface area contributed by atoms with E-state index in [0.717, 1.165) is 6.20 Å². The van der Waals surface area contributed by atoms with Gasteiger partial charge >= 0.3 is 0 Å². The first-order valence-corrected chi connectivity index (χ1v) is 3.75. The van der Waals surface area contributed by atoms with Gasteiger partial charge in [-0.1, -0.05) is 0 Å². The SMILES string of the molecule is NC(=O)CC(N)c1ccc(F)cn1. The van der Waals surface area contributed by atoms with Crippen molar-refractivity contribution in [2.75, 3.05) is 0 Å². The van der Waals surface area contributed by atoms with Crippen LogP contribution in [0.2, 0.25) is 0 Å². The molecule has 0 spiro atoms. The van der Waals surface area contributed by atoms with E-state index in [1.165, 1.54) is 12.1 Å². The van der Waals surface area contributed by atoms with E-state index in [1.54, 1.807) is 0 Å². The minimum atomic E-state index is -0.557. The molecule has 0 saturated heterocycles. The summed E-state index contributed by atoms with van der Waals surface area (Å²) in [4.78, 5) is 14.2. The Bertz CT molecular complexity index is 299. The first-order valence-electron chi connectivity index (χ1n) is 3.75. The number of pyridine rings is 1. The van der Waals surface area contributed by atoms with Crippen molar-refractivity contribution in [1.29, 1.82) is 0 Å². The van der Waals surface area contributed by atoms with Crippen LogP contribution in [-0.4, -0.2) is 10.9 Å². The van der Waals surface area contributed by atoms with Crippen molar-refractivity contribution in [2.24, 2.45) is 11.5 Å². The Labute approximate surface area is 74.8 Å². The molecule has 0 fully saturated rings. The highest BCUT2D eigenvalue weighted by Crippen LogP contribution is 2.10. The molecule has 1 amide bonds. The summed E-state index contributed by atoms with van der Waals surface area (Å²) in [5.74, 6) is -0.936. The lowest BCUT2D eigenvalue weighted by Gasteiger charge is -2.07. The molecule has 70 valence electrons. The maximum Gasteiger partial charge on any atom is 0.219 e. The van der Waals surface area contributed by atoms with Gasteiger partial charge in [0.15, 0.2) is 0 Å². The average molecular weight is 183 g/mol. The van der Waals surface area contributed by atoms with E-state index in [1.807, 2.05) is 0 Å². The summed E-state index contributed by atoms with van der Waals surface area (Å²) in [6, 6.07) is 2.12. The van der Waals surface area contributed by atoms with Gasteiger partial charge in [0.1, 0.15) is 5.82 Å². The molecular weight excluding hydrogens is 173 g/mol. The third-order valence-corrected chi connectivity index (χ3v) is 1.55. The topological polar surface area (TPSA) is 82.0 Å². The summed E-state index contributed by atoms with van der Waals surface area (Å²) < 4.78 is 12.4. The summed E-state index contributed by atoms with van der Waals surface area (Å²) in [6.45, 7) is 0. The van der Waals surface area contributed by atoms with Crippen LogP contribution in [0.5, 0.6) is 0 Å². The van der Waals surface area contributed by atoms with Crippen molar-refractivity contribution in [2.45, 2.75) is 12.5 Å². The van der Waals surface area contributed by atoms with Crippen LogP contribution >= 0.6 is 0 Å². The zero-order valence-corrected chi connectivity index (χ0v) is 6.90. The standard InChI is InChI=1S/C8H10FN3O/c9-5-1-2-7(12-4-5)6(10)3-8(11)13/h1-2,4,6H,3,10H2,(H2,11,13). The van der Waals surface area contributed by atoms with Crippen LogP contribution in [0.1, 0.15) is 18.2 Å². The van der Waals surface area contributed by atoms with Gasteiger partial charge in [0.25, 0.3) is 0 Å². The van der Waals surface area contributed by atoms with E-state index in [0.29, 0.717) is 5.69 Å². The monoisotopic (exact) mass is 183 g/mol. The molecule has 13 heavy (non-hydrogen) atoms. The van der Waals surface area contributed by atoms with Gasteiger partial charge in [-0.25, -0.2) is 4.39 Å². The van der Waals surface area contributed by atoms with E-state index in [-0.39, 0.29) is 6.42 Å². The number of halogens is 1. The van der Waals surface area contributed by atoms with Gasteiger partial charge in [0.05, 0.1) is 17.9 Å². The fourth-order valence-corrected chi connectivity index (χ4v) is 0.928. The number of primary amides is 1.